The van der Waals surface area contributed by atoms with Gasteiger partial charge in [0.15, 0.2) is 0 Å². The molecule has 0 fully saturated rings. The van der Waals surface area contributed by atoms with Gasteiger partial charge in [0, 0.05) is 10.7 Å². The van der Waals surface area contributed by atoms with E-state index in [1.54, 1.807) is 0 Å². The van der Waals surface area contributed by atoms with Crippen molar-refractivity contribution in [3.8, 4) is 5.75 Å². The van der Waals surface area contributed by atoms with E-state index in [-0.39, 0.29) is 5.41 Å². The molecule has 1 aromatic rings. The Hall–Kier alpha value is -0.500. The van der Waals surface area contributed by atoms with E-state index in [1.807, 2.05) is 0 Å². The summed E-state index contributed by atoms with van der Waals surface area (Å²) in [6.07, 6.45) is 4.86. The minimum Gasteiger partial charge on any atom is -0.493 e. The number of ether oxygens (including phenoxy) is 1. The van der Waals surface area contributed by atoms with Crippen LogP contribution in [0.2, 0.25) is 0 Å². The van der Waals surface area contributed by atoms with Gasteiger partial charge in [0.1, 0.15) is 5.75 Å². The molecule has 0 N–H and O–H groups in total. The Morgan fingerprint density at radius 3 is 2.26 bits per heavy atom. The standard InChI is InChI=1S/C17H27BrO/c1-5-10-17(12-18,11-6-2)13-19-16-9-7-8-14(3)15(16)4/h7-9H,5-6,10-13H2,1-4H3. The smallest absolute Gasteiger partial charge is 0.122 e. The molecule has 0 spiro atoms. The molecule has 0 radical (unpaired) electrons. The SMILES string of the molecule is CCCC(CBr)(CCC)COc1cccc(C)c1C. The van der Waals surface area contributed by atoms with E-state index >= 15 is 0 Å². The molecule has 0 aliphatic heterocycles. The maximum Gasteiger partial charge on any atom is 0.122 e. The second kappa shape index (κ2) is 7.94. The van der Waals surface area contributed by atoms with Gasteiger partial charge in [-0.25, -0.2) is 0 Å². The topological polar surface area (TPSA) is 9.23 Å². The first kappa shape index (κ1) is 16.6. The van der Waals surface area contributed by atoms with E-state index in [0.29, 0.717) is 0 Å². The zero-order valence-electron chi connectivity index (χ0n) is 12.8. The molecule has 0 saturated carbocycles. The van der Waals surface area contributed by atoms with Crippen LogP contribution in [0.15, 0.2) is 18.2 Å². The van der Waals surface area contributed by atoms with Crippen LogP contribution in [0.25, 0.3) is 0 Å². The highest BCUT2D eigenvalue weighted by molar-refractivity contribution is 9.09. The minimum atomic E-state index is 0.277. The summed E-state index contributed by atoms with van der Waals surface area (Å²) >= 11 is 3.70. The Morgan fingerprint density at radius 2 is 1.74 bits per heavy atom. The van der Waals surface area contributed by atoms with Crippen molar-refractivity contribution in [1.82, 2.24) is 0 Å². The fraction of sp³-hybridized carbons (Fsp3) is 0.647. The van der Waals surface area contributed by atoms with Crippen LogP contribution in [-0.2, 0) is 0 Å². The first-order valence-corrected chi connectivity index (χ1v) is 8.45. The molecule has 19 heavy (non-hydrogen) atoms. The van der Waals surface area contributed by atoms with Crippen LogP contribution in [0.1, 0.15) is 50.7 Å². The zero-order chi connectivity index (χ0) is 14.3. The van der Waals surface area contributed by atoms with Gasteiger partial charge in [0.05, 0.1) is 6.61 Å². The maximum atomic E-state index is 6.15. The highest BCUT2D eigenvalue weighted by Gasteiger charge is 2.28. The molecule has 0 saturated heterocycles. The van der Waals surface area contributed by atoms with Gasteiger partial charge >= 0.3 is 0 Å². The van der Waals surface area contributed by atoms with E-state index in [2.05, 4.69) is 61.8 Å². The van der Waals surface area contributed by atoms with Gasteiger partial charge < -0.3 is 4.74 Å². The third-order valence-corrected chi connectivity index (χ3v) is 5.12. The van der Waals surface area contributed by atoms with E-state index < -0.39 is 0 Å². The van der Waals surface area contributed by atoms with Gasteiger partial charge in [0.25, 0.3) is 0 Å². The zero-order valence-corrected chi connectivity index (χ0v) is 14.3. The van der Waals surface area contributed by atoms with E-state index in [1.165, 1.54) is 36.8 Å². The van der Waals surface area contributed by atoms with Crippen molar-refractivity contribution in [1.29, 1.82) is 0 Å². The lowest BCUT2D eigenvalue weighted by atomic mass is 9.82. The van der Waals surface area contributed by atoms with Crippen LogP contribution in [0, 0.1) is 19.3 Å². The minimum absolute atomic E-state index is 0.277. The third-order valence-electron chi connectivity index (χ3n) is 3.93. The Morgan fingerprint density at radius 1 is 1.11 bits per heavy atom. The number of rotatable bonds is 8. The predicted molar refractivity (Wildman–Crippen MR) is 87.5 cm³/mol. The molecule has 0 bridgehead atoms. The van der Waals surface area contributed by atoms with Crippen molar-refractivity contribution in [2.45, 2.75) is 53.4 Å². The first-order chi connectivity index (χ1) is 9.08. The Bertz CT molecular complexity index is 381. The molecule has 1 aromatic carbocycles. The van der Waals surface area contributed by atoms with Gasteiger partial charge in [0.2, 0.25) is 0 Å². The molecule has 0 unspecified atom stereocenters. The number of aryl methyl sites for hydroxylation is 1. The van der Waals surface area contributed by atoms with Crippen molar-refractivity contribution in [3.63, 3.8) is 0 Å². The summed E-state index contributed by atoms with van der Waals surface area (Å²) in [4.78, 5) is 0. The highest BCUT2D eigenvalue weighted by Crippen LogP contribution is 2.33. The molecule has 1 nitrogen and oxygen atoms in total. The molecule has 0 aliphatic rings. The van der Waals surface area contributed by atoms with Crippen molar-refractivity contribution >= 4 is 15.9 Å². The molecule has 0 atom stereocenters. The summed E-state index contributed by atoms with van der Waals surface area (Å²) < 4.78 is 6.15. The van der Waals surface area contributed by atoms with E-state index in [9.17, 15) is 0 Å². The monoisotopic (exact) mass is 326 g/mol. The fourth-order valence-electron chi connectivity index (χ4n) is 2.61. The number of hydrogen-bond donors (Lipinski definition) is 0. The molecular formula is C17H27BrO. The number of halogens is 1. The molecule has 0 aromatic heterocycles. The lowest BCUT2D eigenvalue weighted by Crippen LogP contribution is -2.30. The molecule has 0 aliphatic carbocycles. The van der Waals surface area contributed by atoms with Crippen molar-refractivity contribution in [2.24, 2.45) is 5.41 Å². The number of hydrogen-bond acceptors (Lipinski definition) is 1. The van der Waals surface area contributed by atoms with Gasteiger partial charge in [-0.3, -0.25) is 0 Å². The third kappa shape index (κ3) is 4.52. The van der Waals surface area contributed by atoms with Crippen LogP contribution < -0.4 is 4.74 Å². The maximum absolute atomic E-state index is 6.15. The normalized spacial score (nSPS) is 11.6. The van der Waals surface area contributed by atoms with Crippen LogP contribution >= 0.6 is 15.9 Å². The lowest BCUT2D eigenvalue weighted by molar-refractivity contribution is 0.144. The van der Waals surface area contributed by atoms with Gasteiger partial charge in [-0.1, -0.05) is 54.8 Å². The molecular weight excluding hydrogens is 300 g/mol. The highest BCUT2D eigenvalue weighted by atomic mass is 79.9. The number of benzene rings is 1. The summed E-state index contributed by atoms with van der Waals surface area (Å²) in [6.45, 7) is 9.60. The molecule has 1 rings (SSSR count). The quantitative estimate of drug-likeness (QED) is 0.560. The Labute approximate surface area is 126 Å². The molecule has 0 heterocycles. The van der Waals surface area contributed by atoms with Gasteiger partial charge in [-0.05, 0) is 43.9 Å². The molecule has 0 amide bonds. The molecule has 108 valence electrons. The second-order valence-electron chi connectivity index (χ2n) is 5.62. The average molecular weight is 327 g/mol. The lowest BCUT2D eigenvalue weighted by Gasteiger charge is -2.31. The largest absolute Gasteiger partial charge is 0.493 e. The molecule has 2 heteroatoms. The summed E-state index contributed by atoms with van der Waals surface area (Å²) in [7, 11) is 0. The second-order valence-corrected chi connectivity index (χ2v) is 6.18. The summed E-state index contributed by atoms with van der Waals surface area (Å²) in [5, 5.41) is 1.02. The van der Waals surface area contributed by atoms with Crippen LogP contribution in [0.3, 0.4) is 0 Å². The number of alkyl halides is 1. The van der Waals surface area contributed by atoms with Crippen LogP contribution in [0.4, 0.5) is 0 Å². The van der Waals surface area contributed by atoms with E-state index in [0.717, 1.165) is 17.7 Å². The van der Waals surface area contributed by atoms with Gasteiger partial charge in [-0.2, -0.15) is 0 Å². The Kier molecular flexibility index (Phi) is 6.92. The van der Waals surface area contributed by atoms with Crippen molar-refractivity contribution in [2.75, 3.05) is 11.9 Å². The van der Waals surface area contributed by atoms with Crippen molar-refractivity contribution < 1.29 is 4.74 Å². The van der Waals surface area contributed by atoms with Crippen LogP contribution in [-0.4, -0.2) is 11.9 Å². The Balaban J connectivity index is 2.77. The fourth-order valence-corrected chi connectivity index (χ4v) is 3.34. The summed E-state index contributed by atoms with van der Waals surface area (Å²) in [6, 6.07) is 6.30. The van der Waals surface area contributed by atoms with Crippen molar-refractivity contribution in [3.05, 3.63) is 29.3 Å². The van der Waals surface area contributed by atoms with Crippen LogP contribution in [0.5, 0.6) is 5.75 Å². The van der Waals surface area contributed by atoms with Gasteiger partial charge in [-0.15, -0.1) is 0 Å². The first-order valence-electron chi connectivity index (χ1n) is 7.33. The summed E-state index contributed by atoms with van der Waals surface area (Å²) in [5.74, 6) is 1.04. The average Bonchev–Trinajstić information content (AvgIpc) is 2.40. The predicted octanol–water partition coefficient (Wildman–Crippen LogP) is 5.66. The van der Waals surface area contributed by atoms with E-state index in [4.69, 9.17) is 4.74 Å². The summed E-state index contributed by atoms with van der Waals surface area (Å²) in [5.41, 5.74) is 2.84.